The molecule has 2 aliphatic rings. The van der Waals surface area contributed by atoms with Crippen LogP contribution in [-0.4, -0.2) is 38.7 Å². The van der Waals surface area contributed by atoms with E-state index in [0.717, 1.165) is 37.1 Å². The lowest BCUT2D eigenvalue weighted by Crippen LogP contribution is -2.38. The second-order valence-corrected chi connectivity index (χ2v) is 13.0. The van der Waals surface area contributed by atoms with Crippen molar-refractivity contribution in [2.24, 2.45) is 10.8 Å². The van der Waals surface area contributed by atoms with Crippen LogP contribution in [0.1, 0.15) is 40.0 Å². The molecule has 0 radical (unpaired) electrons. The van der Waals surface area contributed by atoms with Crippen molar-refractivity contribution in [1.82, 2.24) is 14.5 Å². The van der Waals surface area contributed by atoms with Crippen LogP contribution in [0.3, 0.4) is 0 Å². The number of thioether (sulfide) groups is 1. The Morgan fingerprint density at radius 3 is 2.72 bits per heavy atom. The lowest BCUT2D eigenvalue weighted by molar-refractivity contribution is -0.129. The average molecular weight is 520 g/mol. The maximum absolute atomic E-state index is 13.9. The zero-order chi connectivity index (χ0) is 25.1. The van der Waals surface area contributed by atoms with Gasteiger partial charge in [-0.1, -0.05) is 50.7 Å². The van der Waals surface area contributed by atoms with Gasteiger partial charge in [0.2, 0.25) is 5.91 Å². The molecule has 0 unspecified atom stereocenters. The first-order valence-electron chi connectivity index (χ1n) is 12.3. The number of nitrogens with zero attached hydrogens (tertiary/aromatic N) is 3. The highest BCUT2D eigenvalue weighted by Gasteiger charge is 2.50. The molecular formula is C28H29N3O3S2. The van der Waals surface area contributed by atoms with Crippen LogP contribution in [0.5, 0.6) is 0 Å². The Morgan fingerprint density at radius 1 is 1.17 bits per heavy atom. The van der Waals surface area contributed by atoms with Crippen LogP contribution in [-0.2, 0) is 4.79 Å². The van der Waals surface area contributed by atoms with Gasteiger partial charge >= 0.3 is 0 Å². The van der Waals surface area contributed by atoms with Crippen molar-refractivity contribution < 1.29 is 9.21 Å². The molecule has 186 valence electrons. The van der Waals surface area contributed by atoms with Crippen molar-refractivity contribution in [3.05, 3.63) is 64.5 Å². The van der Waals surface area contributed by atoms with Gasteiger partial charge in [0.05, 0.1) is 23.1 Å². The van der Waals surface area contributed by atoms with Crippen molar-refractivity contribution in [3.63, 3.8) is 0 Å². The van der Waals surface area contributed by atoms with Crippen molar-refractivity contribution >= 4 is 39.2 Å². The summed E-state index contributed by atoms with van der Waals surface area (Å²) in [5.41, 5.74) is 1.77. The molecule has 36 heavy (non-hydrogen) atoms. The Labute approximate surface area is 218 Å². The number of rotatable bonds is 5. The lowest BCUT2D eigenvalue weighted by Gasteiger charge is -2.39. The first kappa shape index (κ1) is 23.6. The third kappa shape index (κ3) is 4.10. The van der Waals surface area contributed by atoms with Crippen LogP contribution in [0.15, 0.2) is 68.5 Å². The van der Waals surface area contributed by atoms with Gasteiger partial charge in [0, 0.05) is 23.5 Å². The predicted molar refractivity (Wildman–Crippen MR) is 145 cm³/mol. The maximum Gasteiger partial charge on any atom is 0.268 e. The molecule has 1 aromatic carbocycles. The van der Waals surface area contributed by atoms with Crippen molar-refractivity contribution in [2.45, 2.75) is 51.2 Å². The van der Waals surface area contributed by atoms with E-state index in [1.807, 2.05) is 47.8 Å². The summed E-state index contributed by atoms with van der Waals surface area (Å²) in [5, 5.41) is 2.99. The number of thiophene rings is 1. The van der Waals surface area contributed by atoms with E-state index in [-0.39, 0.29) is 28.0 Å². The predicted octanol–water partition coefficient (Wildman–Crippen LogP) is 6.23. The molecule has 1 amide bonds. The van der Waals surface area contributed by atoms with Crippen molar-refractivity contribution in [2.75, 3.05) is 12.3 Å². The van der Waals surface area contributed by atoms with Crippen LogP contribution in [0.25, 0.3) is 27.2 Å². The van der Waals surface area contributed by atoms with Crippen molar-refractivity contribution in [3.8, 4) is 17.0 Å². The van der Waals surface area contributed by atoms with Gasteiger partial charge in [-0.2, -0.15) is 0 Å². The summed E-state index contributed by atoms with van der Waals surface area (Å²) in [6.07, 6.45) is 4.88. The molecular weight excluding hydrogens is 490 g/mol. The van der Waals surface area contributed by atoms with Gasteiger partial charge in [0.1, 0.15) is 10.6 Å². The first-order chi connectivity index (χ1) is 17.2. The van der Waals surface area contributed by atoms with E-state index in [1.54, 1.807) is 10.8 Å². The Kier molecular flexibility index (Phi) is 5.64. The summed E-state index contributed by atoms with van der Waals surface area (Å²) in [4.78, 5) is 34.9. The summed E-state index contributed by atoms with van der Waals surface area (Å²) in [7, 11) is 0. The fraction of sp³-hybridized carbons (Fsp3) is 0.393. The Bertz CT molecular complexity index is 1490. The van der Waals surface area contributed by atoms with Crippen LogP contribution in [0.2, 0.25) is 0 Å². The fourth-order valence-corrected chi connectivity index (χ4v) is 8.31. The average Bonchev–Trinajstić information content (AvgIpc) is 3.55. The summed E-state index contributed by atoms with van der Waals surface area (Å²) in [5.74, 6) is 1.03. The molecule has 0 spiro atoms. The molecule has 3 aromatic heterocycles. The van der Waals surface area contributed by atoms with Gasteiger partial charge in [-0.15, -0.1) is 11.3 Å². The van der Waals surface area contributed by atoms with E-state index in [0.29, 0.717) is 27.2 Å². The minimum absolute atomic E-state index is 0.128. The van der Waals surface area contributed by atoms with E-state index in [2.05, 4.69) is 25.7 Å². The Hall–Kier alpha value is -2.84. The van der Waals surface area contributed by atoms with Gasteiger partial charge in [0.25, 0.3) is 5.56 Å². The van der Waals surface area contributed by atoms with Crippen LogP contribution in [0, 0.1) is 10.8 Å². The summed E-state index contributed by atoms with van der Waals surface area (Å²) < 4.78 is 7.22. The molecule has 1 saturated carbocycles. The molecule has 2 bridgehead atoms. The maximum atomic E-state index is 13.9. The number of carbonyl (C=O) groups excluding carboxylic acids is 1. The number of carbonyl (C=O) groups is 1. The topological polar surface area (TPSA) is 68.3 Å². The van der Waals surface area contributed by atoms with E-state index in [1.165, 1.54) is 23.1 Å². The van der Waals surface area contributed by atoms with Crippen LogP contribution < -0.4 is 5.56 Å². The molecule has 4 aromatic rings. The molecule has 0 N–H and O–H groups in total. The number of hydrogen-bond donors (Lipinski definition) is 0. The number of hydrogen-bond acceptors (Lipinski definition) is 6. The minimum Gasteiger partial charge on any atom is -0.464 e. The third-order valence-electron chi connectivity index (χ3n) is 7.44. The summed E-state index contributed by atoms with van der Waals surface area (Å²) in [6.45, 7) is 7.76. The molecule has 4 heterocycles. The third-order valence-corrected chi connectivity index (χ3v) is 9.23. The number of aromatic nitrogens is 2. The summed E-state index contributed by atoms with van der Waals surface area (Å²) >= 11 is 2.77. The minimum atomic E-state index is -0.153. The number of likely N-dealkylation sites (tertiary alicyclic amines) is 1. The van der Waals surface area contributed by atoms with Gasteiger partial charge in [-0.3, -0.25) is 14.2 Å². The number of benzene rings is 1. The van der Waals surface area contributed by atoms with Gasteiger partial charge in [-0.05, 0) is 54.4 Å². The molecule has 6 rings (SSSR count). The number of fused-ring (bicyclic) bond motifs is 3. The monoisotopic (exact) mass is 519 g/mol. The fourth-order valence-electron chi connectivity index (χ4n) is 6.45. The van der Waals surface area contributed by atoms with E-state index >= 15 is 0 Å². The Balaban J connectivity index is 1.35. The summed E-state index contributed by atoms with van der Waals surface area (Å²) in [6, 6.07) is 13.5. The Morgan fingerprint density at radius 2 is 1.97 bits per heavy atom. The smallest absolute Gasteiger partial charge is 0.268 e. The highest BCUT2D eigenvalue weighted by atomic mass is 32.2. The lowest BCUT2D eigenvalue weighted by atomic mass is 9.65. The first-order valence-corrected chi connectivity index (χ1v) is 14.2. The van der Waals surface area contributed by atoms with Gasteiger partial charge < -0.3 is 9.32 Å². The van der Waals surface area contributed by atoms with Gasteiger partial charge in [-0.25, -0.2) is 4.98 Å². The molecule has 1 aliphatic heterocycles. The van der Waals surface area contributed by atoms with E-state index in [4.69, 9.17) is 9.40 Å². The second-order valence-electron chi connectivity index (χ2n) is 11.2. The van der Waals surface area contributed by atoms with E-state index < -0.39 is 0 Å². The normalized spacial score (nSPS) is 22.9. The quantitative estimate of drug-likeness (QED) is 0.231. The number of para-hydroxylation sites is 1. The standard InChI is InChI=1S/C28H29N3O3S2/c1-27(2)12-19-13-28(3,16-27)17-30(19)22(32)15-36-26-29-24-23(20(14-35-24)21-10-7-11-34-21)25(33)31(26)18-8-5-4-6-9-18/h4-11,14,19H,12-13,15-17H2,1-3H3/t19-,28+/m0/s1. The molecule has 2 atom stereocenters. The highest BCUT2D eigenvalue weighted by Crippen LogP contribution is 2.52. The van der Waals surface area contributed by atoms with Crippen molar-refractivity contribution in [1.29, 1.82) is 0 Å². The van der Waals surface area contributed by atoms with Gasteiger partial charge in [0.15, 0.2) is 5.16 Å². The molecule has 6 nitrogen and oxygen atoms in total. The largest absolute Gasteiger partial charge is 0.464 e. The zero-order valence-corrected chi connectivity index (χ0v) is 22.3. The molecule has 2 fully saturated rings. The second kappa shape index (κ2) is 8.63. The van der Waals surface area contributed by atoms with Crippen LogP contribution in [0.4, 0.5) is 0 Å². The molecule has 1 saturated heterocycles. The molecule has 8 heteroatoms. The highest BCUT2D eigenvalue weighted by molar-refractivity contribution is 7.99. The van der Waals surface area contributed by atoms with E-state index in [9.17, 15) is 9.59 Å². The number of furan rings is 1. The molecule has 1 aliphatic carbocycles. The SMILES string of the molecule is CC1(C)C[C@H]2C[C@@](C)(CN2C(=O)CSc2nc3scc(-c4ccco4)c3c(=O)n2-c2ccccc2)C1. The van der Waals surface area contributed by atoms with Crippen LogP contribution >= 0.6 is 23.1 Å². The number of amides is 1. The zero-order valence-electron chi connectivity index (χ0n) is 20.7.